The maximum atomic E-state index is 2.48. The maximum absolute atomic E-state index is 2.48. The summed E-state index contributed by atoms with van der Waals surface area (Å²) < 4.78 is 4.79. The van der Waals surface area contributed by atoms with E-state index >= 15 is 0 Å². The van der Waals surface area contributed by atoms with Gasteiger partial charge in [-0.25, -0.2) is 0 Å². The summed E-state index contributed by atoms with van der Waals surface area (Å²) in [6.07, 6.45) is 0. The van der Waals surface area contributed by atoms with E-state index in [1.165, 1.54) is 87.1 Å². The van der Waals surface area contributed by atoms with E-state index in [1.807, 2.05) is 0 Å². The molecule has 0 spiro atoms. The number of para-hydroxylation sites is 4. The number of hydrogen-bond donors (Lipinski definition) is 0. The molecule has 0 N–H and O–H groups in total. The molecule has 0 saturated heterocycles. The second kappa shape index (κ2) is 18.5. The third-order valence-corrected chi connectivity index (χ3v) is 16.4. The van der Waals surface area contributed by atoms with E-state index in [1.54, 1.807) is 0 Å². The summed E-state index contributed by atoms with van der Waals surface area (Å²) in [5, 5.41) is 12.1. The van der Waals surface area contributed by atoms with Gasteiger partial charge in [0, 0.05) is 66.4 Å². The van der Waals surface area contributed by atoms with Crippen LogP contribution in [0.25, 0.3) is 110 Å². The van der Waals surface area contributed by atoms with Crippen molar-refractivity contribution in [1.82, 2.24) is 9.13 Å². The van der Waals surface area contributed by atoms with Crippen molar-refractivity contribution in [2.75, 3.05) is 9.80 Å². The lowest BCUT2D eigenvalue weighted by Gasteiger charge is -2.30. The molecule has 0 aliphatic heterocycles. The first-order valence-corrected chi connectivity index (χ1v) is 27.5. The number of fused-ring (bicyclic) bond motifs is 6. The average Bonchev–Trinajstić information content (AvgIpc) is 4.12. The van der Waals surface area contributed by atoms with Crippen LogP contribution in [-0.4, -0.2) is 9.13 Å². The van der Waals surface area contributed by atoms with Crippen LogP contribution in [0.5, 0.6) is 0 Å². The van der Waals surface area contributed by atoms with Crippen LogP contribution in [0.3, 0.4) is 0 Å². The monoisotopic (exact) mass is 1020 g/mol. The van der Waals surface area contributed by atoms with Crippen LogP contribution in [0.1, 0.15) is 0 Å². The van der Waals surface area contributed by atoms with E-state index in [0.717, 1.165) is 56.6 Å². The summed E-state index contributed by atoms with van der Waals surface area (Å²) in [4.78, 5) is 4.96. The van der Waals surface area contributed by atoms with Gasteiger partial charge >= 0.3 is 0 Å². The van der Waals surface area contributed by atoms with Gasteiger partial charge in [0.1, 0.15) is 0 Å². The molecule has 0 bridgehead atoms. The van der Waals surface area contributed by atoms with Gasteiger partial charge in [-0.15, -0.1) is 0 Å². The minimum atomic E-state index is 1.08. The minimum Gasteiger partial charge on any atom is -0.310 e. The first-order valence-electron chi connectivity index (χ1n) is 27.5. The fourth-order valence-corrected chi connectivity index (χ4v) is 12.8. The zero-order valence-corrected chi connectivity index (χ0v) is 43.7. The number of aromatic nitrogens is 2. The quantitative estimate of drug-likeness (QED) is 0.127. The summed E-state index contributed by atoms with van der Waals surface area (Å²) in [5.41, 5.74) is 18.2. The molecule has 0 atom stereocenters. The molecule has 80 heavy (non-hydrogen) atoms. The van der Waals surface area contributed by atoms with Gasteiger partial charge in [-0.3, -0.25) is 0 Å². The van der Waals surface area contributed by atoms with Crippen molar-refractivity contribution >= 4 is 110 Å². The Bertz CT molecular complexity index is 4680. The number of anilines is 6. The highest BCUT2D eigenvalue weighted by atomic mass is 15.2. The van der Waals surface area contributed by atoms with Gasteiger partial charge in [0.2, 0.25) is 0 Å². The predicted molar refractivity (Wildman–Crippen MR) is 339 cm³/mol. The Morgan fingerprint density at radius 2 is 0.562 bits per heavy atom. The molecule has 0 amide bonds. The van der Waals surface area contributed by atoms with Crippen molar-refractivity contribution in [3.8, 4) is 33.6 Å². The topological polar surface area (TPSA) is 16.3 Å². The van der Waals surface area contributed by atoms with Crippen LogP contribution in [0.15, 0.2) is 303 Å². The van der Waals surface area contributed by atoms with Gasteiger partial charge in [0.15, 0.2) is 0 Å². The van der Waals surface area contributed by atoms with E-state index in [-0.39, 0.29) is 0 Å². The van der Waals surface area contributed by atoms with Gasteiger partial charge < -0.3 is 18.9 Å². The van der Waals surface area contributed by atoms with E-state index in [4.69, 9.17) is 0 Å². The maximum Gasteiger partial charge on any atom is 0.0542 e. The smallest absolute Gasteiger partial charge is 0.0542 e. The number of benzene rings is 14. The van der Waals surface area contributed by atoms with Crippen molar-refractivity contribution in [1.29, 1.82) is 0 Å². The van der Waals surface area contributed by atoms with Gasteiger partial charge in [0.25, 0.3) is 0 Å². The Morgan fingerprint density at radius 1 is 0.212 bits per heavy atom. The first kappa shape index (κ1) is 45.5. The van der Waals surface area contributed by atoms with Crippen LogP contribution in [-0.2, 0) is 0 Å². The zero-order valence-electron chi connectivity index (χ0n) is 43.7. The van der Waals surface area contributed by atoms with E-state index in [0.29, 0.717) is 0 Å². The average molecular weight is 1020 g/mol. The Labute approximate surface area is 463 Å². The number of rotatable bonds is 10. The largest absolute Gasteiger partial charge is 0.310 e. The minimum absolute atomic E-state index is 1.08. The van der Waals surface area contributed by atoms with Crippen molar-refractivity contribution < 1.29 is 0 Å². The molecule has 0 fully saturated rings. The second-order valence-corrected chi connectivity index (χ2v) is 20.9. The molecule has 374 valence electrons. The highest BCUT2D eigenvalue weighted by molar-refractivity contribution is 6.28. The standard InChI is InChI=1S/C76H50N4/c1-5-19-51(20-6-1)55-23-17-29-59(47-55)77(61-39-45-73-67(49-61)63-31-13-15-33-69(63)79(73)57-25-9-3-10-26-57)71-43-37-53-36-42-66-72(44-38-54-35-41-65(71)75(53)76(54)66)78(60-30-18-24-56(48-60)52-21-7-2-8-22-52)62-40-46-74-68(50-62)64-32-14-16-34-70(64)80(74)58-27-11-4-12-28-58/h1-50H. The summed E-state index contributed by atoms with van der Waals surface area (Å²) in [7, 11) is 0. The van der Waals surface area contributed by atoms with Crippen LogP contribution >= 0.6 is 0 Å². The highest BCUT2D eigenvalue weighted by Crippen LogP contribution is 2.50. The normalized spacial score (nSPS) is 11.8. The molecule has 4 heteroatoms. The summed E-state index contributed by atoms with van der Waals surface area (Å²) in [6, 6.07) is 111. The lowest BCUT2D eigenvalue weighted by Crippen LogP contribution is -2.12. The molecule has 16 rings (SSSR count). The molecule has 0 saturated carbocycles. The van der Waals surface area contributed by atoms with Crippen molar-refractivity contribution in [3.63, 3.8) is 0 Å². The van der Waals surface area contributed by atoms with Gasteiger partial charge in [-0.2, -0.15) is 0 Å². The Hall–Kier alpha value is -10.7. The number of nitrogens with zero attached hydrogens (tertiary/aromatic N) is 4. The second-order valence-electron chi connectivity index (χ2n) is 20.9. The summed E-state index contributed by atoms with van der Waals surface area (Å²) in [6.45, 7) is 0. The van der Waals surface area contributed by atoms with Gasteiger partial charge in [-0.1, -0.05) is 194 Å². The van der Waals surface area contributed by atoms with Crippen molar-refractivity contribution in [3.05, 3.63) is 303 Å². The van der Waals surface area contributed by atoms with Crippen LogP contribution in [0, 0.1) is 0 Å². The number of hydrogen-bond acceptors (Lipinski definition) is 2. The van der Waals surface area contributed by atoms with Gasteiger partial charge in [0.05, 0.1) is 33.4 Å². The predicted octanol–water partition coefficient (Wildman–Crippen LogP) is 21.1. The molecule has 0 unspecified atom stereocenters. The fourth-order valence-electron chi connectivity index (χ4n) is 12.8. The third-order valence-electron chi connectivity index (χ3n) is 16.4. The van der Waals surface area contributed by atoms with Gasteiger partial charge in [-0.05, 0) is 153 Å². The lowest BCUT2D eigenvalue weighted by molar-refractivity contribution is 1.18. The first-order chi connectivity index (χ1) is 39.7. The lowest BCUT2D eigenvalue weighted by atomic mass is 9.91. The van der Waals surface area contributed by atoms with Crippen LogP contribution in [0.2, 0.25) is 0 Å². The molecule has 0 aliphatic carbocycles. The Balaban J connectivity index is 0.930. The van der Waals surface area contributed by atoms with Crippen LogP contribution < -0.4 is 9.80 Å². The highest BCUT2D eigenvalue weighted by Gasteiger charge is 2.25. The molecule has 0 aliphatic rings. The van der Waals surface area contributed by atoms with E-state index in [2.05, 4.69) is 322 Å². The fraction of sp³-hybridized carbons (Fsp3) is 0. The Kier molecular flexibility index (Phi) is 10.5. The van der Waals surface area contributed by atoms with Crippen LogP contribution in [0.4, 0.5) is 34.1 Å². The Morgan fingerprint density at radius 3 is 1.00 bits per heavy atom. The SMILES string of the molecule is c1ccc(-c2cccc(N(c3ccc4c(c3)c3ccccc3n4-c3ccccc3)c3ccc4ccc5c(N(c6cccc(-c7ccccc7)c6)c6ccc7c(c6)c6ccccc6n7-c6ccccc6)ccc6ccc3c4c65)c2)cc1. The molecule has 14 aromatic carbocycles. The molecule has 2 aromatic heterocycles. The molecular formula is C76H50N4. The zero-order chi connectivity index (χ0) is 52.7. The third kappa shape index (κ3) is 7.31. The van der Waals surface area contributed by atoms with Crippen molar-refractivity contribution in [2.45, 2.75) is 0 Å². The molecule has 4 nitrogen and oxygen atoms in total. The molecular weight excluding hydrogens is 969 g/mol. The summed E-state index contributed by atoms with van der Waals surface area (Å²) in [5.74, 6) is 0. The summed E-state index contributed by atoms with van der Waals surface area (Å²) >= 11 is 0. The molecule has 2 heterocycles. The van der Waals surface area contributed by atoms with E-state index < -0.39 is 0 Å². The molecule has 16 aromatic rings. The molecule has 0 radical (unpaired) electrons. The van der Waals surface area contributed by atoms with Crippen molar-refractivity contribution in [2.24, 2.45) is 0 Å². The van der Waals surface area contributed by atoms with E-state index in [9.17, 15) is 0 Å².